The minimum absolute atomic E-state index is 0.430. The summed E-state index contributed by atoms with van der Waals surface area (Å²) in [6, 6.07) is 5.68. The zero-order chi connectivity index (χ0) is 13.9. The van der Waals surface area contributed by atoms with Crippen LogP contribution in [-0.4, -0.2) is 6.54 Å². The van der Waals surface area contributed by atoms with Gasteiger partial charge in [0, 0.05) is 6.54 Å². The van der Waals surface area contributed by atoms with Gasteiger partial charge in [-0.1, -0.05) is 44.4 Å². The van der Waals surface area contributed by atoms with Crippen molar-refractivity contribution in [2.45, 2.75) is 46.0 Å². The van der Waals surface area contributed by atoms with Crippen LogP contribution in [0.5, 0.6) is 0 Å². The summed E-state index contributed by atoms with van der Waals surface area (Å²) in [5.74, 6) is 0.739. The van der Waals surface area contributed by atoms with E-state index in [-0.39, 0.29) is 0 Å². The van der Waals surface area contributed by atoms with Crippen LogP contribution in [0.1, 0.15) is 46.0 Å². The standard InChI is InChI=1S/C16H25ClN2/c1-12(2)10-16(8-3-4-9-16)11-19-15-13(17)6-5-7-14(15)18/h5-7,12,19H,3-4,8-11,18H2,1-2H3. The lowest BCUT2D eigenvalue weighted by Gasteiger charge is -2.32. The summed E-state index contributed by atoms with van der Waals surface area (Å²) in [5, 5.41) is 4.23. The lowest BCUT2D eigenvalue weighted by molar-refractivity contribution is 0.252. The van der Waals surface area contributed by atoms with Crippen LogP contribution in [-0.2, 0) is 0 Å². The van der Waals surface area contributed by atoms with E-state index in [1.807, 2.05) is 18.2 Å². The number of halogens is 1. The fourth-order valence-electron chi connectivity index (χ4n) is 3.45. The second-order valence-corrected chi connectivity index (χ2v) is 6.77. The molecule has 1 aliphatic rings. The Labute approximate surface area is 121 Å². The van der Waals surface area contributed by atoms with Gasteiger partial charge in [0.05, 0.1) is 16.4 Å². The molecule has 1 saturated carbocycles. The first kappa shape index (κ1) is 14.5. The van der Waals surface area contributed by atoms with Crippen LogP contribution in [0.25, 0.3) is 0 Å². The van der Waals surface area contributed by atoms with Gasteiger partial charge >= 0.3 is 0 Å². The quantitative estimate of drug-likeness (QED) is 0.750. The summed E-state index contributed by atoms with van der Waals surface area (Å²) in [5.41, 5.74) is 8.08. The first-order valence-corrected chi connectivity index (χ1v) is 7.68. The molecule has 1 aromatic rings. The van der Waals surface area contributed by atoms with Gasteiger partial charge in [-0.2, -0.15) is 0 Å². The lowest BCUT2D eigenvalue weighted by Crippen LogP contribution is -2.28. The average Bonchev–Trinajstić information content (AvgIpc) is 2.76. The molecule has 0 unspecified atom stereocenters. The van der Waals surface area contributed by atoms with Gasteiger partial charge in [0.25, 0.3) is 0 Å². The maximum absolute atomic E-state index is 6.22. The Hall–Kier alpha value is -0.890. The number of benzene rings is 1. The second-order valence-electron chi connectivity index (χ2n) is 6.36. The minimum Gasteiger partial charge on any atom is -0.397 e. The van der Waals surface area contributed by atoms with Crippen molar-refractivity contribution in [3.05, 3.63) is 23.2 Å². The van der Waals surface area contributed by atoms with Crippen LogP contribution in [0.2, 0.25) is 5.02 Å². The van der Waals surface area contributed by atoms with Crippen LogP contribution in [0.3, 0.4) is 0 Å². The van der Waals surface area contributed by atoms with E-state index in [4.69, 9.17) is 17.3 Å². The number of para-hydroxylation sites is 1. The molecule has 0 heterocycles. The molecule has 1 fully saturated rings. The van der Waals surface area contributed by atoms with E-state index in [9.17, 15) is 0 Å². The Bertz CT molecular complexity index is 403. The molecule has 0 bridgehead atoms. The van der Waals surface area contributed by atoms with Gasteiger partial charge < -0.3 is 11.1 Å². The number of nitrogens with two attached hydrogens (primary N) is 1. The zero-order valence-corrected chi connectivity index (χ0v) is 12.8. The molecule has 106 valence electrons. The second kappa shape index (κ2) is 6.04. The Kier molecular flexibility index (Phi) is 4.62. The van der Waals surface area contributed by atoms with Crippen LogP contribution < -0.4 is 11.1 Å². The van der Waals surface area contributed by atoms with Crippen molar-refractivity contribution in [3.63, 3.8) is 0 Å². The molecular weight excluding hydrogens is 256 g/mol. The smallest absolute Gasteiger partial charge is 0.0763 e. The number of nitrogens with one attached hydrogen (secondary N) is 1. The average molecular weight is 281 g/mol. The number of hydrogen-bond donors (Lipinski definition) is 2. The number of rotatable bonds is 5. The van der Waals surface area contributed by atoms with E-state index in [1.54, 1.807) is 0 Å². The molecule has 1 aliphatic carbocycles. The van der Waals surface area contributed by atoms with Crippen molar-refractivity contribution in [1.82, 2.24) is 0 Å². The highest BCUT2D eigenvalue weighted by atomic mass is 35.5. The van der Waals surface area contributed by atoms with Crippen molar-refractivity contribution < 1.29 is 0 Å². The topological polar surface area (TPSA) is 38.0 Å². The van der Waals surface area contributed by atoms with Gasteiger partial charge in [0.15, 0.2) is 0 Å². The first-order valence-electron chi connectivity index (χ1n) is 7.30. The Morgan fingerprint density at radius 3 is 2.58 bits per heavy atom. The maximum Gasteiger partial charge on any atom is 0.0763 e. The number of hydrogen-bond acceptors (Lipinski definition) is 2. The van der Waals surface area contributed by atoms with E-state index < -0.39 is 0 Å². The van der Waals surface area contributed by atoms with Gasteiger partial charge in [-0.15, -0.1) is 0 Å². The van der Waals surface area contributed by atoms with Gasteiger partial charge in [0.2, 0.25) is 0 Å². The van der Waals surface area contributed by atoms with Gasteiger partial charge in [0.1, 0.15) is 0 Å². The summed E-state index contributed by atoms with van der Waals surface area (Å²) >= 11 is 6.22. The molecule has 19 heavy (non-hydrogen) atoms. The van der Waals surface area contributed by atoms with Crippen LogP contribution in [0.15, 0.2) is 18.2 Å². The highest BCUT2D eigenvalue weighted by Gasteiger charge is 2.34. The van der Waals surface area contributed by atoms with Crippen molar-refractivity contribution >= 4 is 23.0 Å². The first-order chi connectivity index (χ1) is 9.02. The highest BCUT2D eigenvalue weighted by molar-refractivity contribution is 6.33. The lowest BCUT2D eigenvalue weighted by atomic mass is 9.78. The van der Waals surface area contributed by atoms with Crippen LogP contribution in [0.4, 0.5) is 11.4 Å². The monoisotopic (exact) mass is 280 g/mol. The third-order valence-corrected chi connectivity index (χ3v) is 4.51. The summed E-state index contributed by atoms with van der Waals surface area (Å²) in [6.07, 6.45) is 6.63. The minimum atomic E-state index is 0.430. The highest BCUT2D eigenvalue weighted by Crippen LogP contribution is 2.43. The molecule has 0 aliphatic heterocycles. The summed E-state index contributed by atoms with van der Waals surface area (Å²) < 4.78 is 0. The molecule has 3 N–H and O–H groups in total. The van der Waals surface area contributed by atoms with E-state index in [1.165, 1.54) is 32.1 Å². The number of nitrogen functional groups attached to an aromatic ring is 1. The predicted octanol–water partition coefficient (Wildman–Crippen LogP) is 4.94. The van der Waals surface area contributed by atoms with Crippen molar-refractivity contribution in [3.8, 4) is 0 Å². The summed E-state index contributed by atoms with van der Waals surface area (Å²) in [6.45, 7) is 5.60. The Morgan fingerprint density at radius 2 is 2.00 bits per heavy atom. The van der Waals surface area contributed by atoms with Gasteiger partial charge in [-0.3, -0.25) is 0 Å². The summed E-state index contributed by atoms with van der Waals surface area (Å²) in [4.78, 5) is 0. The molecule has 0 amide bonds. The normalized spacial score (nSPS) is 17.9. The van der Waals surface area contributed by atoms with Gasteiger partial charge in [-0.25, -0.2) is 0 Å². The molecule has 0 atom stereocenters. The Balaban J connectivity index is 2.07. The fourth-order valence-corrected chi connectivity index (χ4v) is 3.70. The molecule has 2 nitrogen and oxygen atoms in total. The fraction of sp³-hybridized carbons (Fsp3) is 0.625. The largest absolute Gasteiger partial charge is 0.397 e. The predicted molar refractivity (Wildman–Crippen MR) is 84.7 cm³/mol. The molecule has 0 spiro atoms. The van der Waals surface area contributed by atoms with Gasteiger partial charge in [-0.05, 0) is 42.7 Å². The van der Waals surface area contributed by atoms with Crippen molar-refractivity contribution in [1.29, 1.82) is 0 Å². The molecule has 0 aromatic heterocycles. The molecule has 0 saturated heterocycles. The van der Waals surface area contributed by atoms with E-state index in [0.717, 1.165) is 28.9 Å². The van der Waals surface area contributed by atoms with E-state index in [2.05, 4.69) is 19.2 Å². The third-order valence-electron chi connectivity index (χ3n) is 4.19. The third kappa shape index (κ3) is 3.56. The van der Waals surface area contributed by atoms with Crippen molar-refractivity contribution in [2.75, 3.05) is 17.6 Å². The molecule has 2 rings (SSSR count). The van der Waals surface area contributed by atoms with E-state index in [0.29, 0.717) is 5.41 Å². The molecular formula is C16H25ClN2. The SMILES string of the molecule is CC(C)CC1(CNc2c(N)cccc2Cl)CCCC1. The van der Waals surface area contributed by atoms with E-state index >= 15 is 0 Å². The molecule has 3 heteroatoms. The molecule has 1 aromatic carbocycles. The number of anilines is 2. The zero-order valence-electron chi connectivity index (χ0n) is 12.0. The van der Waals surface area contributed by atoms with Crippen LogP contribution >= 0.6 is 11.6 Å². The Morgan fingerprint density at radius 1 is 1.32 bits per heavy atom. The van der Waals surface area contributed by atoms with Crippen molar-refractivity contribution in [2.24, 2.45) is 11.3 Å². The maximum atomic E-state index is 6.22. The summed E-state index contributed by atoms with van der Waals surface area (Å²) in [7, 11) is 0. The molecule has 0 radical (unpaired) electrons. The van der Waals surface area contributed by atoms with Crippen LogP contribution in [0, 0.1) is 11.3 Å².